The number of piperazine rings is 1. The molecule has 0 aromatic carbocycles. The van der Waals surface area contributed by atoms with E-state index in [1.807, 2.05) is 11.8 Å². The van der Waals surface area contributed by atoms with Gasteiger partial charge in [0.2, 0.25) is 18.1 Å². The Labute approximate surface area is 199 Å². The molecule has 10 nitrogen and oxygen atoms in total. The van der Waals surface area contributed by atoms with Crippen molar-refractivity contribution in [1.29, 1.82) is 0 Å². The minimum absolute atomic E-state index is 0.0695. The first-order valence-electron chi connectivity index (χ1n) is 12.5. The zero-order chi connectivity index (χ0) is 24.1. The predicted octanol–water partition coefficient (Wildman–Crippen LogP) is 1.95. The quantitative estimate of drug-likeness (QED) is 0.266. The number of nitrogens with one attached hydrogen (secondary N) is 2. The normalized spacial score (nSPS) is 21.9. The Morgan fingerprint density at radius 3 is 2.76 bits per heavy atom. The second kappa shape index (κ2) is 11.3. The lowest BCUT2D eigenvalue weighted by Gasteiger charge is -2.38. The average molecular weight is 478 g/mol. The number of halogens is 1. The van der Waals surface area contributed by atoms with Crippen LogP contribution >= 0.6 is 0 Å². The summed E-state index contributed by atoms with van der Waals surface area (Å²) in [5.74, 6) is -0.555. The smallest absolute Gasteiger partial charge is 0.243 e. The molecule has 1 aromatic heterocycles. The second-order valence-electron chi connectivity index (χ2n) is 9.68. The number of amides is 2. The van der Waals surface area contributed by atoms with Crippen LogP contribution in [-0.2, 0) is 16.0 Å². The molecule has 3 aliphatic rings. The van der Waals surface area contributed by atoms with E-state index in [1.165, 1.54) is 6.42 Å². The van der Waals surface area contributed by atoms with Crippen LogP contribution in [-0.4, -0.2) is 76.2 Å². The summed E-state index contributed by atoms with van der Waals surface area (Å²) in [6.45, 7) is 5.19. The molecule has 34 heavy (non-hydrogen) atoms. The lowest BCUT2D eigenvalue weighted by molar-refractivity contribution is -0.154. The molecular weight excluding hydrogens is 441 g/mol. The van der Waals surface area contributed by atoms with Gasteiger partial charge in [0.05, 0.1) is 12.5 Å². The van der Waals surface area contributed by atoms with Crippen molar-refractivity contribution in [2.75, 3.05) is 43.0 Å². The van der Waals surface area contributed by atoms with Gasteiger partial charge < -0.3 is 4.90 Å². The van der Waals surface area contributed by atoms with Gasteiger partial charge in [-0.05, 0) is 31.7 Å². The number of fused-ring (bicyclic) bond motifs is 1. The Balaban J connectivity index is 1.45. The van der Waals surface area contributed by atoms with Gasteiger partial charge in [0, 0.05) is 32.1 Å². The maximum atomic E-state index is 15.5. The van der Waals surface area contributed by atoms with Gasteiger partial charge in [0.25, 0.3) is 0 Å². The van der Waals surface area contributed by atoms with Crippen LogP contribution in [0.1, 0.15) is 57.7 Å². The topological polar surface area (TPSA) is 114 Å². The van der Waals surface area contributed by atoms with Crippen LogP contribution in [0.4, 0.5) is 16.0 Å². The number of hydroxylamine groups is 2. The molecule has 11 heteroatoms. The molecular formula is C23H36FN7O3. The molecule has 1 aromatic rings. The number of anilines is 2. The van der Waals surface area contributed by atoms with E-state index >= 15 is 4.39 Å². The third kappa shape index (κ3) is 5.75. The molecule has 1 saturated carbocycles. The predicted molar refractivity (Wildman–Crippen MR) is 125 cm³/mol. The van der Waals surface area contributed by atoms with E-state index in [2.05, 4.69) is 25.7 Å². The lowest BCUT2D eigenvalue weighted by atomic mass is 9.92. The van der Waals surface area contributed by atoms with Crippen LogP contribution in [0.5, 0.6) is 0 Å². The van der Waals surface area contributed by atoms with Crippen molar-refractivity contribution in [1.82, 2.24) is 25.4 Å². The van der Waals surface area contributed by atoms with E-state index in [4.69, 9.17) is 0 Å². The van der Waals surface area contributed by atoms with Crippen LogP contribution in [0.2, 0.25) is 0 Å². The zero-order valence-corrected chi connectivity index (χ0v) is 19.9. The van der Waals surface area contributed by atoms with Crippen molar-refractivity contribution >= 4 is 24.0 Å². The Hall–Kier alpha value is -2.53. The van der Waals surface area contributed by atoms with Crippen molar-refractivity contribution in [3.05, 3.63) is 11.6 Å². The minimum Gasteiger partial charge on any atom is -0.351 e. The van der Waals surface area contributed by atoms with Gasteiger partial charge in [-0.25, -0.2) is 15.0 Å². The molecule has 188 valence electrons. The maximum absolute atomic E-state index is 15.5. The Morgan fingerprint density at radius 1 is 1.24 bits per heavy atom. The number of hydrogen-bond acceptors (Lipinski definition) is 8. The number of carbonyl (C=O) groups excluding carboxylic acids is 2. The SMILES string of the molecule is CCc1nc(NNC(=O)[C@@H](CC2CCCC2)CN(O)C=O)c(F)c(N2CCN3CCC[C@@H]3C2)n1. The van der Waals surface area contributed by atoms with E-state index in [1.54, 1.807) is 0 Å². The van der Waals surface area contributed by atoms with Crippen LogP contribution in [0.25, 0.3) is 0 Å². The van der Waals surface area contributed by atoms with Crippen molar-refractivity contribution in [2.45, 2.75) is 64.3 Å². The average Bonchev–Trinajstić information content (AvgIpc) is 3.54. The van der Waals surface area contributed by atoms with Gasteiger partial charge in [0.15, 0.2) is 11.6 Å². The first-order valence-corrected chi connectivity index (χ1v) is 12.5. The Bertz CT molecular complexity index is 867. The van der Waals surface area contributed by atoms with Gasteiger partial charge in [-0.2, -0.15) is 4.39 Å². The highest BCUT2D eigenvalue weighted by Crippen LogP contribution is 2.31. The van der Waals surface area contributed by atoms with E-state index in [9.17, 15) is 14.8 Å². The molecule has 0 radical (unpaired) electrons. The molecule has 2 aliphatic heterocycles. The third-order valence-corrected chi connectivity index (χ3v) is 7.38. The zero-order valence-electron chi connectivity index (χ0n) is 19.9. The van der Waals surface area contributed by atoms with Crippen LogP contribution in [0, 0.1) is 17.7 Å². The monoisotopic (exact) mass is 477 g/mol. The summed E-state index contributed by atoms with van der Waals surface area (Å²) in [6, 6.07) is 0.417. The van der Waals surface area contributed by atoms with Crippen molar-refractivity contribution in [2.24, 2.45) is 11.8 Å². The van der Waals surface area contributed by atoms with Crippen LogP contribution in [0.3, 0.4) is 0 Å². The standard InChI is InChI=1S/C23H36FN7O3/c1-2-19-25-21(20(24)22(26-19)30-11-10-29-9-5-8-18(29)14-30)27-28-23(33)17(13-31(34)15-32)12-16-6-3-4-7-16/h15-18,34H,2-14H2,1H3,(H,28,33)(H,25,26,27)/t17-,18+/m0/s1. The molecule has 1 aliphatic carbocycles. The summed E-state index contributed by atoms with van der Waals surface area (Å²) >= 11 is 0. The van der Waals surface area contributed by atoms with E-state index in [-0.39, 0.29) is 24.6 Å². The summed E-state index contributed by atoms with van der Waals surface area (Å²) < 4.78 is 15.5. The highest BCUT2D eigenvalue weighted by molar-refractivity contribution is 5.80. The largest absolute Gasteiger partial charge is 0.351 e. The minimum atomic E-state index is -0.615. The third-order valence-electron chi connectivity index (χ3n) is 7.38. The summed E-state index contributed by atoms with van der Waals surface area (Å²) in [5.41, 5.74) is 5.22. The highest BCUT2D eigenvalue weighted by atomic mass is 19.1. The summed E-state index contributed by atoms with van der Waals surface area (Å²) in [6.07, 6.45) is 7.95. The fraction of sp³-hybridized carbons (Fsp3) is 0.739. The van der Waals surface area contributed by atoms with Gasteiger partial charge in [-0.15, -0.1) is 0 Å². The molecule has 3 heterocycles. The summed E-state index contributed by atoms with van der Waals surface area (Å²) in [5, 5.41) is 10.2. The van der Waals surface area contributed by atoms with Gasteiger partial charge >= 0.3 is 0 Å². The molecule has 2 saturated heterocycles. The Morgan fingerprint density at radius 2 is 2.03 bits per heavy atom. The molecule has 0 unspecified atom stereocenters. The number of nitrogens with zero attached hydrogens (tertiary/aromatic N) is 5. The molecule has 4 rings (SSSR count). The molecule has 2 atom stereocenters. The van der Waals surface area contributed by atoms with Crippen molar-refractivity contribution < 1.29 is 19.2 Å². The Kier molecular flexibility index (Phi) is 8.15. The van der Waals surface area contributed by atoms with E-state index < -0.39 is 17.6 Å². The summed E-state index contributed by atoms with van der Waals surface area (Å²) in [4.78, 5) is 37.0. The van der Waals surface area contributed by atoms with Crippen molar-refractivity contribution in [3.8, 4) is 0 Å². The van der Waals surface area contributed by atoms with E-state index in [0.29, 0.717) is 42.2 Å². The maximum Gasteiger partial charge on any atom is 0.243 e. The number of hydrazine groups is 1. The second-order valence-corrected chi connectivity index (χ2v) is 9.68. The molecule has 0 spiro atoms. The summed E-state index contributed by atoms with van der Waals surface area (Å²) in [7, 11) is 0. The number of rotatable bonds is 10. The highest BCUT2D eigenvalue weighted by Gasteiger charge is 2.33. The van der Waals surface area contributed by atoms with Gasteiger partial charge in [0.1, 0.15) is 5.82 Å². The van der Waals surface area contributed by atoms with Gasteiger partial charge in [-0.3, -0.25) is 30.5 Å². The lowest BCUT2D eigenvalue weighted by Crippen LogP contribution is -2.50. The van der Waals surface area contributed by atoms with E-state index in [0.717, 1.165) is 51.7 Å². The number of carbonyl (C=O) groups is 2. The molecule has 3 N–H and O–H groups in total. The van der Waals surface area contributed by atoms with Crippen molar-refractivity contribution in [3.63, 3.8) is 0 Å². The first kappa shape index (κ1) is 24.6. The molecule has 2 amide bonds. The molecule has 3 fully saturated rings. The van der Waals surface area contributed by atoms with Crippen LogP contribution in [0.15, 0.2) is 0 Å². The fourth-order valence-electron chi connectivity index (χ4n) is 5.52. The molecule has 0 bridgehead atoms. The fourth-order valence-corrected chi connectivity index (χ4v) is 5.52. The number of hydrogen-bond donors (Lipinski definition) is 3. The first-order chi connectivity index (χ1) is 16.5. The van der Waals surface area contributed by atoms with Gasteiger partial charge in [-0.1, -0.05) is 32.6 Å². The van der Waals surface area contributed by atoms with Crippen LogP contribution < -0.4 is 15.8 Å². The number of aryl methyl sites for hydroxylation is 1. The number of aromatic nitrogens is 2.